The average Bonchev–Trinajstić information content (AvgIpc) is 3.13. The molecule has 1 saturated carbocycles. The van der Waals surface area contributed by atoms with E-state index in [1.165, 1.54) is 5.56 Å². The van der Waals surface area contributed by atoms with Crippen molar-refractivity contribution in [2.24, 2.45) is 5.73 Å². The SMILES string of the molecule is COc1ccc(C(=O)NC2CCC(n3cc(C)cn3)CC2)cc1CCCN. The second kappa shape index (κ2) is 9.04. The van der Waals surface area contributed by atoms with Gasteiger partial charge in [-0.1, -0.05) is 0 Å². The first-order chi connectivity index (χ1) is 13.1. The predicted molar refractivity (Wildman–Crippen MR) is 106 cm³/mol. The zero-order valence-corrected chi connectivity index (χ0v) is 16.3. The molecule has 0 bridgehead atoms. The number of carbonyl (C=O) groups is 1. The molecular formula is C21H30N4O2. The lowest BCUT2D eigenvalue weighted by Crippen LogP contribution is -2.38. The summed E-state index contributed by atoms with van der Waals surface area (Å²) < 4.78 is 7.47. The van der Waals surface area contributed by atoms with E-state index in [4.69, 9.17) is 10.5 Å². The summed E-state index contributed by atoms with van der Waals surface area (Å²) in [6.07, 6.45) is 9.72. The summed E-state index contributed by atoms with van der Waals surface area (Å²) in [5.74, 6) is 0.806. The Morgan fingerprint density at radius 3 is 2.74 bits per heavy atom. The quantitative estimate of drug-likeness (QED) is 0.785. The van der Waals surface area contributed by atoms with Gasteiger partial charge in [-0.3, -0.25) is 9.48 Å². The van der Waals surface area contributed by atoms with Crippen LogP contribution >= 0.6 is 0 Å². The van der Waals surface area contributed by atoms with Crippen molar-refractivity contribution in [3.05, 3.63) is 47.3 Å². The number of nitrogens with two attached hydrogens (primary N) is 1. The van der Waals surface area contributed by atoms with Crippen molar-refractivity contribution in [1.29, 1.82) is 0 Å². The maximum atomic E-state index is 12.7. The zero-order valence-electron chi connectivity index (χ0n) is 16.3. The number of ether oxygens (including phenoxy) is 1. The van der Waals surface area contributed by atoms with Crippen LogP contribution in [-0.2, 0) is 6.42 Å². The normalized spacial score (nSPS) is 19.7. The van der Waals surface area contributed by atoms with Gasteiger partial charge in [-0.25, -0.2) is 0 Å². The molecule has 0 spiro atoms. The van der Waals surface area contributed by atoms with Crippen molar-refractivity contribution in [2.75, 3.05) is 13.7 Å². The summed E-state index contributed by atoms with van der Waals surface area (Å²) in [6.45, 7) is 2.69. The van der Waals surface area contributed by atoms with E-state index < -0.39 is 0 Å². The first-order valence-electron chi connectivity index (χ1n) is 9.79. The Balaban J connectivity index is 1.57. The zero-order chi connectivity index (χ0) is 19.2. The Kier molecular flexibility index (Phi) is 6.50. The summed E-state index contributed by atoms with van der Waals surface area (Å²) in [6, 6.07) is 6.30. The number of amides is 1. The van der Waals surface area contributed by atoms with Crippen LogP contribution < -0.4 is 15.8 Å². The van der Waals surface area contributed by atoms with Crippen molar-refractivity contribution >= 4 is 5.91 Å². The highest BCUT2D eigenvalue weighted by Gasteiger charge is 2.24. The molecule has 1 aromatic carbocycles. The third-order valence-electron chi connectivity index (χ3n) is 5.33. The molecule has 0 aliphatic heterocycles. The van der Waals surface area contributed by atoms with E-state index in [0.29, 0.717) is 18.2 Å². The van der Waals surface area contributed by atoms with Gasteiger partial charge in [0.25, 0.3) is 5.91 Å². The van der Waals surface area contributed by atoms with E-state index in [-0.39, 0.29) is 11.9 Å². The van der Waals surface area contributed by atoms with Crippen molar-refractivity contribution in [3.8, 4) is 5.75 Å². The van der Waals surface area contributed by atoms with Crippen LogP contribution in [0, 0.1) is 6.92 Å². The van der Waals surface area contributed by atoms with Gasteiger partial charge in [0.2, 0.25) is 0 Å². The molecule has 1 fully saturated rings. The highest BCUT2D eigenvalue weighted by Crippen LogP contribution is 2.28. The maximum absolute atomic E-state index is 12.7. The number of aryl methyl sites for hydroxylation is 2. The molecule has 1 aliphatic rings. The van der Waals surface area contributed by atoms with Gasteiger partial charge in [0.05, 0.1) is 19.3 Å². The third kappa shape index (κ3) is 4.89. The van der Waals surface area contributed by atoms with Gasteiger partial charge >= 0.3 is 0 Å². The molecule has 27 heavy (non-hydrogen) atoms. The summed E-state index contributed by atoms with van der Waals surface area (Å²) in [5.41, 5.74) is 8.53. The summed E-state index contributed by atoms with van der Waals surface area (Å²) in [5, 5.41) is 7.63. The van der Waals surface area contributed by atoms with Gasteiger partial charge in [-0.2, -0.15) is 5.10 Å². The van der Waals surface area contributed by atoms with Crippen molar-refractivity contribution in [3.63, 3.8) is 0 Å². The lowest BCUT2D eigenvalue weighted by molar-refractivity contribution is 0.0921. The van der Waals surface area contributed by atoms with Crippen molar-refractivity contribution in [1.82, 2.24) is 15.1 Å². The fraction of sp³-hybridized carbons (Fsp3) is 0.524. The second-order valence-corrected chi connectivity index (χ2v) is 7.40. The Morgan fingerprint density at radius 2 is 2.11 bits per heavy atom. The van der Waals surface area contributed by atoms with Crippen LogP contribution in [0.2, 0.25) is 0 Å². The fourth-order valence-corrected chi connectivity index (χ4v) is 3.79. The molecule has 0 saturated heterocycles. The topological polar surface area (TPSA) is 82.2 Å². The van der Waals surface area contributed by atoms with E-state index >= 15 is 0 Å². The number of nitrogens with zero attached hydrogens (tertiary/aromatic N) is 2. The fourth-order valence-electron chi connectivity index (χ4n) is 3.79. The molecule has 0 atom stereocenters. The molecule has 2 aromatic rings. The largest absolute Gasteiger partial charge is 0.496 e. The van der Waals surface area contributed by atoms with Crippen molar-refractivity contribution < 1.29 is 9.53 Å². The van der Waals surface area contributed by atoms with Gasteiger partial charge in [0.15, 0.2) is 0 Å². The summed E-state index contributed by atoms with van der Waals surface area (Å²) in [7, 11) is 1.65. The molecule has 0 radical (unpaired) electrons. The molecule has 1 aliphatic carbocycles. The van der Waals surface area contributed by atoms with E-state index in [1.807, 2.05) is 24.4 Å². The number of methoxy groups -OCH3 is 1. The number of benzene rings is 1. The van der Waals surface area contributed by atoms with E-state index in [0.717, 1.165) is 49.8 Å². The lowest BCUT2D eigenvalue weighted by Gasteiger charge is -2.29. The van der Waals surface area contributed by atoms with E-state index in [1.54, 1.807) is 7.11 Å². The number of carbonyl (C=O) groups excluding carboxylic acids is 1. The standard InChI is InChI=1S/C21H30N4O2/c1-15-13-23-25(14-15)19-8-6-18(7-9-19)24-21(26)17-5-10-20(27-2)16(12-17)4-3-11-22/h5,10,12-14,18-19H,3-4,6-9,11,22H2,1-2H3,(H,24,26). The molecule has 3 rings (SSSR count). The minimum atomic E-state index is -0.00923. The third-order valence-corrected chi connectivity index (χ3v) is 5.33. The summed E-state index contributed by atoms with van der Waals surface area (Å²) >= 11 is 0. The van der Waals surface area contributed by atoms with Gasteiger partial charge in [0.1, 0.15) is 5.75 Å². The lowest BCUT2D eigenvalue weighted by atomic mass is 9.91. The molecule has 3 N–H and O–H groups in total. The second-order valence-electron chi connectivity index (χ2n) is 7.40. The average molecular weight is 370 g/mol. The van der Waals surface area contributed by atoms with Crippen LogP contribution in [0.4, 0.5) is 0 Å². The van der Waals surface area contributed by atoms with Crippen LogP contribution in [-0.4, -0.2) is 35.4 Å². The first-order valence-corrected chi connectivity index (χ1v) is 9.79. The molecule has 1 aromatic heterocycles. The maximum Gasteiger partial charge on any atom is 0.251 e. The number of aromatic nitrogens is 2. The van der Waals surface area contributed by atoms with Gasteiger partial charge in [0, 0.05) is 17.8 Å². The predicted octanol–water partition coefficient (Wildman–Crippen LogP) is 3.01. The smallest absolute Gasteiger partial charge is 0.251 e. The number of hydrogen-bond acceptors (Lipinski definition) is 4. The molecule has 1 heterocycles. The molecule has 0 unspecified atom stereocenters. The molecule has 6 nitrogen and oxygen atoms in total. The Hall–Kier alpha value is -2.34. The Morgan fingerprint density at radius 1 is 1.33 bits per heavy atom. The van der Waals surface area contributed by atoms with Crippen molar-refractivity contribution in [2.45, 2.75) is 57.5 Å². The minimum Gasteiger partial charge on any atom is -0.496 e. The highest BCUT2D eigenvalue weighted by molar-refractivity contribution is 5.94. The van der Waals surface area contributed by atoms with Gasteiger partial charge in [-0.05, 0) is 81.3 Å². The minimum absolute atomic E-state index is 0.00923. The van der Waals surface area contributed by atoms with E-state index in [2.05, 4.69) is 28.2 Å². The molecule has 1 amide bonds. The van der Waals surface area contributed by atoms with Crippen LogP contribution in [0.15, 0.2) is 30.6 Å². The molecular weight excluding hydrogens is 340 g/mol. The number of rotatable bonds is 7. The highest BCUT2D eigenvalue weighted by atomic mass is 16.5. The first kappa shape index (κ1) is 19.4. The van der Waals surface area contributed by atoms with Crippen LogP contribution in [0.25, 0.3) is 0 Å². The Bertz CT molecular complexity index is 763. The Labute approximate surface area is 161 Å². The summed E-state index contributed by atoms with van der Waals surface area (Å²) in [4.78, 5) is 12.7. The van der Waals surface area contributed by atoms with Gasteiger partial charge in [-0.15, -0.1) is 0 Å². The van der Waals surface area contributed by atoms with E-state index in [9.17, 15) is 4.79 Å². The van der Waals surface area contributed by atoms with Crippen LogP contribution in [0.1, 0.15) is 59.6 Å². The van der Waals surface area contributed by atoms with Gasteiger partial charge < -0.3 is 15.8 Å². The van der Waals surface area contributed by atoms with Crippen LogP contribution in [0.5, 0.6) is 5.75 Å². The monoisotopic (exact) mass is 370 g/mol. The number of nitrogens with one attached hydrogen (secondary N) is 1. The van der Waals surface area contributed by atoms with Crippen LogP contribution in [0.3, 0.4) is 0 Å². The number of hydrogen-bond donors (Lipinski definition) is 2. The molecule has 146 valence electrons. The molecule has 6 heteroatoms.